The van der Waals surface area contributed by atoms with Crippen LogP contribution in [-0.2, 0) is 6.18 Å². The molecule has 1 aliphatic rings. The van der Waals surface area contributed by atoms with Crippen LogP contribution in [0.25, 0.3) is 11.3 Å². The van der Waals surface area contributed by atoms with Gasteiger partial charge in [0.15, 0.2) is 0 Å². The van der Waals surface area contributed by atoms with Gasteiger partial charge in [-0.1, -0.05) is 11.6 Å². The molecule has 0 bridgehead atoms. The first-order valence-electron chi connectivity index (χ1n) is 6.31. The van der Waals surface area contributed by atoms with Gasteiger partial charge < -0.3 is 4.74 Å². The zero-order chi connectivity index (χ0) is 15.0. The van der Waals surface area contributed by atoms with E-state index in [0.717, 1.165) is 12.8 Å². The summed E-state index contributed by atoms with van der Waals surface area (Å²) in [4.78, 5) is 6.72. The first-order valence-corrected chi connectivity index (χ1v) is 6.68. The maximum absolute atomic E-state index is 12.7. The fourth-order valence-electron chi connectivity index (χ4n) is 1.77. The summed E-state index contributed by atoms with van der Waals surface area (Å²) in [5.41, 5.74) is 0.647. The molecular weight excluding hydrogens is 305 g/mol. The number of ether oxygens (including phenoxy) is 1. The minimum atomic E-state index is -4.63. The van der Waals surface area contributed by atoms with Gasteiger partial charge in [-0.05, 0) is 37.1 Å². The van der Waals surface area contributed by atoms with Crippen LogP contribution in [-0.4, -0.2) is 16.1 Å². The van der Waals surface area contributed by atoms with Crippen molar-refractivity contribution in [3.05, 3.63) is 41.3 Å². The Balaban J connectivity index is 1.90. The number of benzene rings is 1. The highest BCUT2D eigenvalue weighted by molar-refractivity contribution is 6.29. The maximum Gasteiger partial charge on any atom is 0.451 e. The second-order valence-electron chi connectivity index (χ2n) is 4.74. The van der Waals surface area contributed by atoms with Gasteiger partial charge in [0.1, 0.15) is 10.9 Å². The number of rotatable bonds is 3. The van der Waals surface area contributed by atoms with Gasteiger partial charge in [0, 0.05) is 11.6 Å². The Morgan fingerprint density at radius 1 is 1.10 bits per heavy atom. The molecule has 2 aromatic rings. The van der Waals surface area contributed by atoms with Crippen LogP contribution in [0, 0.1) is 0 Å². The molecule has 110 valence electrons. The summed E-state index contributed by atoms with van der Waals surface area (Å²) < 4.78 is 43.6. The summed E-state index contributed by atoms with van der Waals surface area (Å²) in [6.07, 6.45) is -2.29. The highest BCUT2D eigenvalue weighted by Gasteiger charge is 2.35. The number of hydrogen-bond donors (Lipinski definition) is 0. The van der Waals surface area contributed by atoms with Crippen LogP contribution in [0.15, 0.2) is 30.3 Å². The molecule has 0 amide bonds. The molecule has 1 heterocycles. The van der Waals surface area contributed by atoms with E-state index in [1.54, 1.807) is 24.3 Å². The van der Waals surface area contributed by atoms with Gasteiger partial charge in [-0.3, -0.25) is 0 Å². The molecule has 21 heavy (non-hydrogen) atoms. The number of alkyl halides is 3. The van der Waals surface area contributed by atoms with Crippen molar-refractivity contribution in [1.29, 1.82) is 0 Å². The largest absolute Gasteiger partial charge is 0.490 e. The van der Waals surface area contributed by atoms with E-state index < -0.39 is 12.0 Å². The van der Waals surface area contributed by atoms with Crippen LogP contribution in [0.2, 0.25) is 5.15 Å². The van der Waals surface area contributed by atoms with Crippen molar-refractivity contribution in [1.82, 2.24) is 9.97 Å². The van der Waals surface area contributed by atoms with Gasteiger partial charge in [-0.15, -0.1) is 0 Å². The van der Waals surface area contributed by atoms with E-state index in [4.69, 9.17) is 16.3 Å². The Bertz CT molecular complexity index is 654. The normalized spacial score (nSPS) is 15.0. The number of hydrogen-bond acceptors (Lipinski definition) is 3. The summed E-state index contributed by atoms with van der Waals surface area (Å²) in [5, 5.41) is -0.245. The summed E-state index contributed by atoms with van der Waals surface area (Å²) >= 11 is 5.64. The Labute approximate surface area is 123 Å². The highest BCUT2D eigenvalue weighted by Crippen LogP contribution is 2.31. The molecule has 1 aliphatic carbocycles. The average molecular weight is 315 g/mol. The number of aromatic nitrogens is 2. The van der Waals surface area contributed by atoms with E-state index in [-0.39, 0.29) is 17.0 Å². The zero-order valence-corrected chi connectivity index (χ0v) is 11.4. The second-order valence-corrected chi connectivity index (χ2v) is 5.13. The molecule has 0 saturated heterocycles. The van der Waals surface area contributed by atoms with Crippen LogP contribution in [0.5, 0.6) is 5.75 Å². The lowest BCUT2D eigenvalue weighted by Gasteiger charge is -2.09. The van der Waals surface area contributed by atoms with Crippen LogP contribution >= 0.6 is 11.6 Å². The molecule has 0 atom stereocenters. The molecule has 1 aromatic heterocycles. The first kappa shape index (κ1) is 14.1. The van der Waals surface area contributed by atoms with Crippen molar-refractivity contribution >= 4 is 11.6 Å². The van der Waals surface area contributed by atoms with E-state index in [9.17, 15) is 13.2 Å². The SMILES string of the molecule is FC(F)(F)c1nc(Cl)cc(-c2ccc(OC3CC3)cc2)n1. The standard InChI is InChI=1S/C14H10ClF3N2O/c15-12-7-11(19-13(20-12)14(16,17)18)8-1-3-9(4-2-8)21-10-5-6-10/h1-4,7,10H,5-6H2. The van der Waals surface area contributed by atoms with Crippen molar-refractivity contribution in [3.8, 4) is 17.0 Å². The lowest BCUT2D eigenvalue weighted by atomic mass is 10.1. The Hall–Kier alpha value is -1.82. The van der Waals surface area contributed by atoms with E-state index in [2.05, 4.69) is 9.97 Å². The van der Waals surface area contributed by atoms with E-state index in [1.807, 2.05) is 0 Å². The maximum atomic E-state index is 12.7. The first-order chi connectivity index (χ1) is 9.91. The molecule has 1 fully saturated rings. The number of nitrogens with zero attached hydrogens (tertiary/aromatic N) is 2. The summed E-state index contributed by atoms with van der Waals surface area (Å²) in [6, 6.07) is 8.01. The van der Waals surface area contributed by atoms with Crippen LogP contribution in [0.1, 0.15) is 18.7 Å². The highest BCUT2D eigenvalue weighted by atomic mass is 35.5. The summed E-state index contributed by atoms with van der Waals surface area (Å²) in [7, 11) is 0. The summed E-state index contributed by atoms with van der Waals surface area (Å²) in [5.74, 6) is -0.555. The fourth-order valence-corrected chi connectivity index (χ4v) is 1.96. The van der Waals surface area contributed by atoms with Gasteiger partial charge in [0.25, 0.3) is 0 Å². The van der Waals surface area contributed by atoms with Crippen molar-refractivity contribution in [2.45, 2.75) is 25.1 Å². The zero-order valence-electron chi connectivity index (χ0n) is 10.7. The predicted molar refractivity (Wildman–Crippen MR) is 71.1 cm³/mol. The monoisotopic (exact) mass is 314 g/mol. The van der Waals surface area contributed by atoms with Gasteiger partial charge in [-0.25, -0.2) is 9.97 Å². The molecular formula is C14H10ClF3N2O. The van der Waals surface area contributed by atoms with Crippen molar-refractivity contribution in [2.24, 2.45) is 0 Å². The van der Waals surface area contributed by atoms with E-state index in [1.165, 1.54) is 6.07 Å². The lowest BCUT2D eigenvalue weighted by molar-refractivity contribution is -0.144. The number of halogens is 4. The molecule has 1 saturated carbocycles. The minimum Gasteiger partial charge on any atom is -0.490 e. The smallest absolute Gasteiger partial charge is 0.451 e. The van der Waals surface area contributed by atoms with Crippen molar-refractivity contribution < 1.29 is 17.9 Å². The Morgan fingerprint density at radius 3 is 2.33 bits per heavy atom. The molecule has 1 aromatic carbocycles. The fraction of sp³-hybridized carbons (Fsp3) is 0.286. The van der Waals surface area contributed by atoms with Crippen molar-refractivity contribution in [2.75, 3.05) is 0 Å². The summed E-state index contributed by atoms with van der Waals surface area (Å²) in [6.45, 7) is 0. The van der Waals surface area contributed by atoms with Gasteiger partial charge >= 0.3 is 6.18 Å². The Morgan fingerprint density at radius 2 is 1.76 bits per heavy atom. The Kier molecular flexibility index (Phi) is 3.49. The molecule has 0 radical (unpaired) electrons. The van der Waals surface area contributed by atoms with Gasteiger partial charge in [-0.2, -0.15) is 13.2 Å². The van der Waals surface area contributed by atoms with E-state index in [0.29, 0.717) is 11.3 Å². The molecule has 0 spiro atoms. The second kappa shape index (κ2) is 5.18. The van der Waals surface area contributed by atoms with Gasteiger partial charge in [0.2, 0.25) is 5.82 Å². The molecule has 7 heteroatoms. The third-order valence-corrected chi connectivity index (χ3v) is 3.12. The van der Waals surface area contributed by atoms with Gasteiger partial charge in [0.05, 0.1) is 11.8 Å². The third-order valence-electron chi connectivity index (χ3n) is 2.93. The minimum absolute atomic E-state index is 0.125. The van der Waals surface area contributed by atoms with E-state index >= 15 is 0 Å². The van der Waals surface area contributed by atoms with Crippen LogP contribution in [0.3, 0.4) is 0 Å². The molecule has 0 unspecified atom stereocenters. The lowest BCUT2D eigenvalue weighted by Crippen LogP contribution is -2.11. The van der Waals surface area contributed by atoms with Crippen molar-refractivity contribution in [3.63, 3.8) is 0 Å². The van der Waals surface area contributed by atoms with Crippen LogP contribution in [0.4, 0.5) is 13.2 Å². The predicted octanol–water partition coefficient (Wildman–Crippen LogP) is 4.36. The molecule has 3 rings (SSSR count). The van der Waals surface area contributed by atoms with Crippen LogP contribution < -0.4 is 4.74 Å². The quantitative estimate of drug-likeness (QED) is 0.790. The average Bonchev–Trinajstić information content (AvgIpc) is 3.22. The topological polar surface area (TPSA) is 35.0 Å². The molecule has 0 N–H and O–H groups in total. The molecule has 0 aliphatic heterocycles. The third kappa shape index (κ3) is 3.44. The molecule has 3 nitrogen and oxygen atoms in total.